The van der Waals surface area contributed by atoms with E-state index in [9.17, 15) is 4.39 Å². The predicted molar refractivity (Wildman–Crippen MR) is 80.5 cm³/mol. The number of nitrogens with one attached hydrogen (secondary N) is 1. The van der Waals surface area contributed by atoms with Crippen LogP contribution in [0, 0.1) is 5.82 Å². The summed E-state index contributed by atoms with van der Waals surface area (Å²) in [5, 5.41) is 3.47. The molecule has 3 rings (SSSR count). The Bertz CT molecular complexity index is 613. The van der Waals surface area contributed by atoms with Crippen molar-refractivity contribution in [2.24, 2.45) is 0 Å². The second kappa shape index (κ2) is 5.94. The van der Waals surface area contributed by atoms with Crippen LogP contribution in [0.5, 0.6) is 11.5 Å². The molecular formula is C16H15BrFNO. The molecule has 0 amide bonds. The van der Waals surface area contributed by atoms with Gasteiger partial charge in [0.05, 0.1) is 4.47 Å². The fourth-order valence-electron chi connectivity index (χ4n) is 1.95. The fourth-order valence-corrected chi connectivity index (χ4v) is 2.30. The normalized spacial score (nSPS) is 14.3. The van der Waals surface area contributed by atoms with Crippen LogP contribution >= 0.6 is 15.9 Å². The van der Waals surface area contributed by atoms with E-state index in [1.807, 2.05) is 18.2 Å². The summed E-state index contributed by atoms with van der Waals surface area (Å²) in [6, 6.07) is 13.3. The Hall–Kier alpha value is -1.39. The molecule has 1 saturated carbocycles. The predicted octanol–water partition coefficient (Wildman–Crippen LogP) is 4.63. The highest BCUT2D eigenvalue weighted by Crippen LogP contribution is 2.27. The summed E-state index contributed by atoms with van der Waals surface area (Å²) in [6.45, 7) is 0.856. The van der Waals surface area contributed by atoms with Gasteiger partial charge in [-0.05, 0) is 64.7 Å². The summed E-state index contributed by atoms with van der Waals surface area (Å²) in [6.07, 6.45) is 2.56. The molecule has 2 nitrogen and oxygen atoms in total. The SMILES string of the molecule is Fc1ccc(Oc2cccc(CNC3CC3)c2)cc1Br. The van der Waals surface area contributed by atoms with Gasteiger partial charge in [0.25, 0.3) is 0 Å². The van der Waals surface area contributed by atoms with E-state index in [1.165, 1.54) is 24.5 Å². The molecule has 2 aromatic carbocycles. The Balaban J connectivity index is 1.69. The topological polar surface area (TPSA) is 21.3 Å². The van der Waals surface area contributed by atoms with Crippen molar-refractivity contribution in [2.45, 2.75) is 25.4 Å². The maximum absolute atomic E-state index is 13.2. The zero-order valence-electron chi connectivity index (χ0n) is 10.9. The van der Waals surface area contributed by atoms with Crippen LogP contribution in [0.25, 0.3) is 0 Å². The zero-order chi connectivity index (χ0) is 13.9. The van der Waals surface area contributed by atoms with Crippen molar-refractivity contribution in [1.29, 1.82) is 0 Å². The van der Waals surface area contributed by atoms with Crippen LogP contribution in [0.15, 0.2) is 46.9 Å². The monoisotopic (exact) mass is 335 g/mol. The minimum Gasteiger partial charge on any atom is -0.457 e. The van der Waals surface area contributed by atoms with Crippen molar-refractivity contribution < 1.29 is 9.13 Å². The maximum atomic E-state index is 13.2. The first-order valence-corrected chi connectivity index (χ1v) is 7.45. The van der Waals surface area contributed by atoms with Gasteiger partial charge in [-0.25, -0.2) is 4.39 Å². The molecule has 0 aromatic heterocycles. The van der Waals surface area contributed by atoms with Gasteiger partial charge in [-0.1, -0.05) is 12.1 Å². The quantitative estimate of drug-likeness (QED) is 0.859. The van der Waals surface area contributed by atoms with Crippen molar-refractivity contribution in [1.82, 2.24) is 5.32 Å². The smallest absolute Gasteiger partial charge is 0.137 e. The summed E-state index contributed by atoms with van der Waals surface area (Å²) in [5.74, 6) is 1.09. The third kappa shape index (κ3) is 3.58. The van der Waals surface area contributed by atoms with Crippen LogP contribution in [-0.2, 0) is 6.54 Å². The lowest BCUT2D eigenvalue weighted by Gasteiger charge is -2.09. The Morgan fingerprint density at radius 3 is 2.70 bits per heavy atom. The third-order valence-corrected chi connectivity index (χ3v) is 3.81. The van der Waals surface area contributed by atoms with Gasteiger partial charge in [0.2, 0.25) is 0 Å². The van der Waals surface area contributed by atoms with Gasteiger partial charge in [0, 0.05) is 12.6 Å². The van der Waals surface area contributed by atoms with Crippen molar-refractivity contribution in [3.8, 4) is 11.5 Å². The van der Waals surface area contributed by atoms with Gasteiger partial charge in [-0.3, -0.25) is 0 Å². The summed E-state index contributed by atoms with van der Waals surface area (Å²) >= 11 is 3.16. The molecule has 0 bridgehead atoms. The molecule has 20 heavy (non-hydrogen) atoms. The van der Waals surface area contributed by atoms with Crippen LogP contribution < -0.4 is 10.1 Å². The first-order valence-electron chi connectivity index (χ1n) is 6.66. The summed E-state index contributed by atoms with van der Waals surface area (Å²) in [4.78, 5) is 0. The maximum Gasteiger partial charge on any atom is 0.137 e. The molecule has 4 heteroatoms. The summed E-state index contributed by atoms with van der Waals surface area (Å²) in [7, 11) is 0. The van der Waals surface area contributed by atoms with Crippen LogP contribution in [0.2, 0.25) is 0 Å². The molecule has 104 valence electrons. The van der Waals surface area contributed by atoms with Crippen LogP contribution in [0.3, 0.4) is 0 Å². The molecule has 1 aliphatic rings. The lowest BCUT2D eigenvalue weighted by atomic mass is 10.2. The Labute approximate surface area is 126 Å². The second-order valence-corrected chi connectivity index (χ2v) is 5.83. The molecule has 0 aliphatic heterocycles. The molecule has 0 atom stereocenters. The van der Waals surface area contributed by atoms with E-state index < -0.39 is 0 Å². The first-order chi connectivity index (χ1) is 9.70. The largest absolute Gasteiger partial charge is 0.457 e. The molecule has 2 aromatic rings. The van der Waals surface area contributed by atoms with Gasteiger partial charge < -0.3 is 10.1 Å². The molecule has 0 spiro atoms. The molecular weight excluding hydrogens is 321 g/mol. The number of hydrogen-bond acceptors (Lipinski definition) is 2. The Morgan fingerprint density at radius 1 is 1.15 bits per heavy atom. The van der Waals surface area contributed by atoms with Crippen molar-refractivity contribution in [3.63, 3.8) is 0 Å². The average molecular weight is 336 g/mol. The van der Waals surface area contributed by atoms with E-state index in [1.54, 1.807) is 12.1 Å². The lowest BCUT2D eigenvalue weighted by Crippen LogP contribution is -2.15. The lowest BCUT2D eigenvalue weighted by molar-refractivity contribution is 0.478. The average Bonchev–Trinajstić information content (AvgIpc) is 3.25. The van der Waals surface area contributed by atoms with E-state index in [2.05, 4.69) is 27.3 Å². The molecule has 0 unspecified atom stereocenters. The molecule has 0 heterocycles. The van der Waals surface area contributed by atoms with Gasteiger partial charge in [-0.15, -0.1) is 0 Å². The van der Waals surface area contributed by atoms with E-state index >= 15 is 0 Å². The van der Waals surface area contributed by atoms with Crippen LogP contribution in [0.1, 0.15) is 18.4 Å². The zero-order valence-corrected chi connectivity index (χ0v) is 12.5. The Kier molecular flexibility index (Phi) is 4.03. The number of halogens is 2. The van der Waals surface area contributed by atoms with Crippen molar-refractivity contribution >= 4 is 15.9 Å². The molecule has 0 radical (unpaired) electrons. The van der Waals surface area contributed by atoms with Crippen molar-refractivity contribution in [2.75, 3.05) is 0 Å². The highest BCUT2D eigenvalue weighted by molar-refractivity contribution is 9.10. The van der Waals surface area contributed by atoms with Gasteiger partial charge in [0.15, 0.2) is 0 Å². The first kappa shape index (κ1) is 13.6. The minimum atomic E-state index is -0.292. The van der Waals surface area contributed by atoms with E-state index in [0.29, 0.717) is 16.3 Å². The number of rotatable bonds is 5. The summed E-state index contributed by atoms with van der Waals surface area (Å²) in [5.41, 5.74) is 1.19. The van der Waals surface area contributed by atoms with Gasteiger partial charge in [-0.2, -0.15) is 0 Å². The minimum absolute atomic E-state index is 0.292. The number of ether oxygens (including phenoxy) is 1. The second-order valence-electron chi connectivity index (χ2n) is 4.98. The number of benzene rings is 2. The molecule has 1 fully saturated rings. The van der Waals surface area contributed by atoms with Crippen LogP contribution in [-0.4, -0.2) is 6.04 Å². The molecule has 1 N–H and O–H groups in total. The highest BCUT2D eigenvalue weighted by Gasteiger charge is 2.19. The fraction of sp³-hybridized carbons (Fsp3) is 0.250. The van der Waals surface area contributed by atoms with E-state index in [4.69, 9.17) is 4.74 Å². The van der Waals surface area contributed by atoms with Crippen LogP contribution in [0.4, 0.5) is 4.39 Å². The number of hydrogen-bond donors (Lipinski definition) is 1. The van der Waals surface area contributed by atoms with E-state index in [0.717, 1.165) is 12.3 Å². The van der Waals surface area contributed by atoms with Gasteiger partial charge >= 0.3 is 0 Å². The molecule has 0 saturated heterocycles. The standard InChI is InChI=1S/C16H15BrFNO/c17-15-9-14(6-7-16(15)18)20-13-3-1-2-11(8-13)10-19-12-4-5-12/h1-3,6-9,12,19H,4-5,10H2. The van der Waals surface area contributed by atoms with Crippen molar-refractivity contribution in [3.05, 3.63) is 58.3 Å². The Morgan fingerprint density at radius 2 is 1.95 bits per heavy atom. The molecule has 1 aliphatic carbocycles. The van der Waals surface area contributed by atoms with E-state index in [-0.39, 0.29) is 5.82 Å². The highest BCUT2D eigenvalue weighted by atomic mass is 79.9. The summed E-state index contributed by atoms with van der Waals surface area (Å²) < 4.78 is 19.3. The third-order valence-electron chi connectivity index (χ3n) is 3.20. The van der Waals surface area contributed by atoms with Gasteiger partial charge in [0.1, 0.15) is 17.3 Å².